The quantitative estimate of drug-likeness (QED) is 0.649. The normalized spacial score (nSPS) is 11.9. The first-order valence-electron chi connectivity index (χ1n) is 8.16. The maximum absolute atomic E-state index is 12.0. The van der Waals surface area contributed by atoms with E-state index in [4.69, 9.17) is 5.73 Å². The predicted molar refractivity (Wildman–Crippen MR) is 103 cm³/mol. The van der Waals surface area contributed by atoms with Crippen molar-refractivity contribution in [3.63, 3.8) is 0 Å². The Morgan fingerprint density at radius 3 is 2.65 bits per heavy atom. The van der Waals surface area contributed by atoms with E-state index in [-0.39, 0.29) is 0 Å². The number of rotatable bonds is 7. The van der Waals surface area contributed by atoms with Gasteiger partial charge < -0.3 is 10.3 Å². The summed E-state index contributed by atoms with van der Waals surface area (Å²) in [6.45, 7) is 6.41. The van der Waals surface area contributed by atoms with Gasteiger partial charge in [-0.25, -0.2) is 0 Å². The van der Waals surface area contributed by atoms with Gasteiger partial charge >= 0.3 is 0 Å². The number of nitrogens with two attached hydrogens (primary N) is 1. The van der Waals surface area contributed by atoms with Crippen LogP contribution in [0.3, 0.4) is 0 Å². The molecular weight excluding hydrogens is 346 g/mol. The van der Waals surface area contributed by atoms with E-state index in [9.17, 15) is 4.79 Å². The van der Waals surface area contributed by atoms with Crippen LogP contribution in [0, 0.1) is 0 Å². The van der Waals surface area contributed by atoms with E-state index in [0.29, 0.717) is 17.5 Å². The van der Waals surface area contributed by atoms with Gasteiger partial charge in [0.25, 0.3) is 0 Å². The lowest BCUT2D eigenvalue weighted by Crippen LogP contribution is -2.19. The minimum atomic E-state index is -0.551. The van der Waals surface area contributed by atoms with Crippen molar-refractivity contribution in [1.29, 1.82) is 0 Å². The van der Waals surface area contributed by atoms with Gasteiger partial charge in [-0.2, -0.15) is 0 Å². The number of hydrogen-bond acceptors (Lipinski definition) is 5. The smallest absolute Gasteiger partial charge is 0.235 e. The Labute approximate surface area is 156 Å². The minimum absolute atomic E-state index is 0.421. The van der Waals surface area contributed by atoms with Gasteiger partial charge in [-0.1, -0.05) is 48.7 Å². The van der Waals surface area contributed by atoms with Gasteiger partial charge in [-0.05, 0) is 30.2 Å². The first kappa shape index (κ1) is 17.9. The molecule has 2 heterocycles. The van der Waals surface area contributed by atoms with Crippen molar-refractivity contribution < 1.29 is 4.79 Å². The Hall–Kier alpha value is -2.93. The van der Waals surface area contributed by atoms with E-state index in [2.05, 4.69) is 21.8 Å². The van der Waals surface area contributed by atoms with E-state index >= 15 is 0 Å². The molecule has 0 aliphatic heterocycles. The Morgan fingerprint density at radius 2 is 2.08 bits per heavy atom. The molecule has 0 saturated heterocycles. The van der Waals surface area contributed by atoms with Crippen molar-refractivity contribution in [2.75, 3.05) is 0 Å². The molecule has 0 aliphatic rings. The van der Waals surface area contributed by atoms with Crippen LogP contribution in [0.25, 0.3) is 17.5 Å². The van der Waals surface area contributed by atoms with Crippen molar-refractivity contribution >= 4 is 23.7 Å². The number of nitrogens with zero attached hydrogens (tertiary/aromatic N) is 4. The predicted octanol–water partition coefficient (Wildman–Crippen LogP) is 3.32. The number of carbonyl (C=O) groups excluding carboxylic acids is 1. The molecule has 1 amide bonds. The van der Waals surface area contributed by atoms with Gasteiger partial charge in [0.2, 0.25) is 5.91 Å². The third kappa shape index (κ3) is 3.67. The number of amides is 1. The lowest BCUT2D eigenvalue weighted by molar-refractivity contribution is -0.117. The summed E-state index contributed by atoms with van der Waals surface area (Å²) in [5.41, 5.74) is 8.33. The van der Waals surface area contributed by atoms with Gasteiger partial charge in [-0.3, -0.25) is 9.78 Å². The number of primary amides is 1. The lowest BCUT2D eigenvalue weighted by atomic mass is 10.1. The van der Waals surface area contributed by atoms with E-state index in [1.54, 1.807) is 18.5 Å². The van der Waals surface area contributed by atoms with E-state index in [1.807, 2.05) is 47.9 Å². The monoisotopic (exact) mass is 365 g/mol. The zero-order valence-corrected chi connectivity index (χ0v) is 15.2. The van der Waals surface area contributed by atoms with Crippen LogP contribution in [0.4, 0.5) is 0 Å². The zero-order chi connectivity index (χ0) is 18.5. The summed E-state index contributed by atoms with van der Waals surface area (Å²) in [5, 5.41) is 8.64. The fourth-order valence-electron chi connectivity index (χ4n) is 2.57. The van der Waals surface area contributed by atoms with Crippen molar-refractivity contribution in [2.45, 2.75) is 23.9 Å². The highest BCUT2D eigenvalue weighted by molar-refractivity contribution is 8.00. The first-order valence-corrected chi connectivity index (χ1v) is 9.04. The number of thioether (sulfide) groups is 1. The Kier molecular flexibility index (Phi) is 5.48. The zero-order valence-electron chi connectivity index (χ0n) is 14.4. The first-order chi connectivity index (χ1) is 12.6. The van der Waals surface area contributed by atoms with Crippen molar-refractivity contribution in [3.8, 4) is 11.4 Å². The summed E-state index contributed by atoms with van der Waals surface area (Å²) in [6.07, 6.45) is 5.20. The molecule has 3 rings (SSSR count). The standard InChI is InChI=1S/C19H19N5OS/c1-3-13-7-9-14(10-8-13)16(17(20)25)26-19-23-22-18(24(19)4-2)15-6-5-11-21-12-15/h3,5-12,16H,1,4H2,2H3,(H2,20,25). The molecule has 132 valence electrons. The van der Waals surface area contributed by atoms with Crippen LogP contribution in [0.5, 0.6) is 0 Å². The number of pyridine rings is 1. The van der Waals surface area contributed by atoms with Crippen LogP contribution < -0.4 is 5.73 Å². The molecule has 2 aromatic heterocycles. The molecular formula is C19H19N5OS. The van der Waals surface area contributed by atoms with Gasteiger partial charge in [0.1, 0.15) is 5.25 Å². The SMILES string of the molecule is C=Cc1ccc(C(Sc2nnc(-c3cccnc3)n2CC)C(N)=O)cc1. The van der Waals surface area contributed by atoms with E-state index in [1.165, 1.54) is 11.8 Å². The van der Waals surface area contributed by atoms with Crippen LogP contribution >= 0.6 is 11.8 Å². The fraction of sp³-hybridized carbons (Fsp3) is 0.158. The Bertz CT molecular complexity index is 905. The van der Waals surface area contributed by atoms with E-state index < -0.39 is 11.2 Å². The second-order valence-corrected chi connectivity index (χ2v) is 6.64. The summed E-state index contributed by atoms with van der Waals surface area (Å²) in [4.78, 5) is 16.2. The molecule has 0 fully saturated rings. The number of hydrogen-bond donors (Lipinski definition) is 1. The molecule has 2 N–H and O–H groups in total. The van der Waals surface area contributed by atoms with Crippen molar-refractivity contribution in [1.82, 2.24) is 19.7 Å². The van der Waals surface area contributed by atoms with E-state index in [0.717, 1.165) is 16.7 Å². The summed E-state index contributed by atoms with van der Waals surface area (Å²) in [5.74, 6) is 0.295. The summed E-state index contributed by atoms with van der Waals surface area (Å²) in [7, 11) is 0. The third-order valence-corrected chi connectivity index (χ3v) is 5.16. The highest BCUT2D eigenvalue weighted by Crippen LogP contribution is 2.35. The second-order valence-electron chi connectivity index (χ2n) is 5.56. The molecule has 1 unspecified atom stereocenters. The van der Waals surface area contributed by atoms with Crippen molar-refractivity contribution in [2.24, 2.45) is 5.73 Å². The number of aromatic nitrogens is 4. The molecule has 1 aromatic carbocycles. The van der Waals surface area contributed by atoms with Crippen LogP contribution in [-0.2, 0) is 11.3 Å². The second kappa shape index (κ2) is 7.97. The van der Waals surface area contributed by atoms with Crippen LogP contribution in [-0.4, -0.2) is 25.7 Å². The largest absolute Gasteiger partial charge is 0.368 e. The Morgan fingerprint density at radius 1 is 1.31 bits per heavy atom. The van der Waals surface area contributed by atoms with Crippen molar-refractivity contribution in [3.05, 3.63) is 66.5 Å². The molecule has 0 bridgehead atoms. The van der Waals surface area contributed by atoms with Crippen LogP contribution in [0.15, 0.2) is 60.5 Å². The topological polar surface area (TPSA) is 86.7 Å². The molecule has 0 spiro atoms. The van der Waals surface area contributed by atoms with Crippen LogP contribution in [0.2, 0.25) is 0 Å². The third-order valence-electron chi connectivity index (χ3n) is 3.91. The summed E-state index contributed by atoms with van der Waals surface area (Å²) in [6, 6.07) is 11.4. The molecule has 0 radical (unpaired) electrons. The van der Waals surface area contributed by atoms with Gasteiger partial charge in [0.15, 0.2) is 11.0 Å². The highest BCUT2D eigenvalue weighted by atomic mass is 32.2. The summed E-state index contributed by atoms with van der Waals surface area (Å²) >= 11 is 1.30. The molecule has 3 aromatic rings. The molecule has 0 saturated carbocycles. The van der Waals surface area contributed by atoms with Gasteiger partial charge in [0, 0.05) is 24.5 Å². The maximum atomic E-state index is 12.0. The lowest BCUT2D eigenvalue weighted by Gasteiger charge is -2.14. The minimum Gasteiger partial charge on any atom is -0.368 e. The van der Waals surface area contributed by atoms with Crippen LogP contribution in [0.1, 0.15) is 23.3 Å². The molecule has 6 nitrogen and oxygen atoms in total. The van der Waals surface area contributed by atoms with Gasteiger partial charge in [0.05, 0.1) is 0 Å². The number of carbonyl (C=O) groups is 1. The fourth-order valence-corrected chi connectivity index (χ4v) is 3.62. The maximum Gasteiger partial charge on any atom is 0.235 e. The van der Waals surface area contributed by atoms with Gasteiger partial charge in [-0.15, -0.1) is 10.2 Å². The number of benzene rings is 1. The summed E-state index contributed by atoms with van der Waals surface area (Å²) < 4.78 is 1.95. The molecule has 0 aliphatic carbocycles. The molecule has 26 heavy (non-hydrogen) atoms. The average Bonchev–Trinajstić information content (AvgIpc) is 3.09. The Balaban J connectivity index is 1.93. The molecule has 7 heteroatoms. The molecule has 1 atom stereocenters. The highest BCUT2D eigenvalue weighted by Gasteiger charge is 2.23. The average molecular weight is 365 g/mol.